The van der Waals surface area contributed by atoms with Gasteiger partial charge in [0.15, 0.2) is 11.6 Å². The zero-order chi connectivity index (χ0) is 24.7. The summed E-state index contributed by atoms with van der Waals surface area (Å²) in [4.78, 5) is 18.2. The Kier molecular flexibility index (Phi) is 6.20. The Hall–Kier alpha value is -3.27. The number of carbonyl (C=O) groups is 1. The summed E-state index contributed by atoms with van der Waals surface area (Å²) in [7, 11) is 0. The van der Waals surface area contributed by atoms with Crippen LogP contribution in [0.2, 0.25) is 10.0 Å². The number of hydrogen-bond acceptors (Lipinski definition) is 4. The molecule has 1 fully saturated rings. The molecule has 2 amide bonds. The van der Waals surface area contributed by atoms with E-state index in [9.17, 15) is 28.2 Å². The average molecular weight is 510 g/mol. The van der Waals surface area contributed by atoms with E-state index in [-0.39, 0.29) is 39.4 Å². The van der Waals surface area contributed by atoms with Crippen molar-refractivity contribution in [3.8, 4) is 5.75 Å². The Morgan fingerprint density at radius 3 is 2.15 bits per heavy atom. The monoisotopic (exact) mass is 509 g/mol. The standard InChI is InChI=1S/C23H16Cl2F3N3O3/c24-17-10-16(11-18(25)19(17)32)31-21(33)30-20(22(31,34)14-4-2-1-3-5-14)29-12-13-6-8-15(9-7-13)23(26,27)28/h1-11,32,34H,12H2,(H,29,30,33). The smallest absolute Gasteiger partial charge is 0.416 e. The number of hydrogen-bond donors (Lipinski definition) is 3. The molecule has 0 aromatic heterocycles. The third-order valence-electron chi connectivity index (χ3n) is 5.22. The van der Waals surface area contributed by atoms with Crippen LogP contribution in [0.3, 0.4) is 0 Å². The lowest BCUT2D eigenvalue weighted by atomic mass is 10.00. The van der Waals surface area contributed by atoms with Gasteiger partial charge in [-0.3, -0.25) is 15.2 Å². The van der Waals surface area contributed by atoms with Crippen molar-refractivity contribution in [1.82, 2.24) is 5.32 Å². The molecule has 3 aromatic carbocycles. The molecule has 3 N–H and O–H groups in total. The number of halogens is 5. The topological polar surface area (TPSA) is 85.2 Å². The van der Waals surface area contributed by atoms with E-state index >= 15 is 0 Å². The number of aliphatic hydroxyl groups is 1. The van der Waals surface area contributed by atoms with Crippen LogP contribution >= 0.6 is 23.2 Å². The molecule has 1 aliphatic rings. The minimum atomic E-state index is -4.47. The molecule has 0 radical (unpaired) electrons. The van der Waals surface area contributed by atoms with Crippen molar-refractivity contribution in [2.75, 3.05) is 4.90 Å². The van der Waals surface area contributed by atoms with Crippen LogP contribution in [0.4, 0.5) is 23.7 Å². The number of alkyl halides is 3. The first kappa shape index (κ1) is 23.9. The first-order valence-electron chi connectivity index (χ1n) is 9.80. The number of carbonyl (C=O) groups excluding carboxylic acids is 1. The lowest BCUT2D eigenvalue weighted by Crippen LogP contribution is -2.47. The summed E-state index contributed by atoms with van der Waals surface area (Å²) >= 11 is 12.0. The second kappa shape index (κ2) is 8.83. The van der Waals surface area contributed by atoms with Crippen LogP contribution in [0.1, 0.15) is 16.7 Å². The quantitative estimate of drug-likeness (QED) is 0.422. The van der Waals surface area contributed by atoms with Gasteiger partial charge in [0.25, 0.3) is 0 Å². The molecule has 4 rings (SSSR count). The average Bonchev–Trinajstić information content (AvgIpc) is 3.06. The number of amides is 2. The van der Waals surface area contributed by atoms with Crippen LogP contribution < -0.4 is 10.2 Å². The summed E-state index contributed by atoms with van der Waals surface area (Å²) in [5.41, 5.74) is -2.13. The first-order chi connectivity index (χ1) is 16.0. The number of aliphatic imine (C=N–C) groups is 1. The highest BCUT2D eigenvalue weighted by atomic mass is 35.5. The Morgan fingerprint density at radius 2 is 1.59 bits per heavy atom. The van der Waals surface area contributed by atoms with E-state index in [4.69, 9.17) is 23.2 Å². The summed E-state index contributed by atoms with van der Waals surface area (Å²) in [6.45, 7) is -0.117. The maximum absolute atomic E-state index is 12.9. The summed E-state index contributed by atoms with van der Waals surface area (Å²) in [5, 5.41) is 23.9. The number of nitrogens with zero attached hydrogens (tertiary/aromatic N) is 2. The normalized spacial score (nSPS) is 19.5. The number of phenols is 1. The van der Waals surface area contributed by atoms with Gasteiger partial charge in [0.1, 0.15) is 0 Å². The molecule has 0 spiro atoms. The number of anilines is 1. The lowest BCUT2D eigenvalue weighted by Gasteiger charge is -2.32. The minimum Gasteiger partial charge on any atom is -0.505 e. The Balaban J connectivity index is 1.76. The van der Waals surface area contributed by atoms with Gasteiger partial charge >= 0.3 is 12.2 Å². The second-order valence-electron chi connectivity index (χ2n) is 7.42. The van der Waals surface area contributed by atoms with Gasteiger partial charge in [-0.2, -0.15) is 13.2 Å². The molecule has 0 aliphatic carbocycles. The predicted molar refractivity (Wildman–Crippen MR) is 122 cm³/mol. The van der Waals surface area contributed by atoms with Crippen molar-refractivity contribution >= 4 is 40.8 Å². The first-order valence-corrected chi connectivity index (χ1v) is 10.6. The number of rotatable bonds is 4. The maximum Gasteiger partial charge on any atom is 0.416 e. The zero-order valence-corrected chi connectivity index (χ0v) is 18.7. The molecular weight excluding hydrogens is 494 g/mol. The second-order valence-corrected chi connectivity index (χ2v) is 8.24. The molecule has 1 atom stereocenters. The molecule has 11 heteroatoms. The van der Waals surface area contributed by atoms with E-state index in [1.165, 1.54) is 24.3 Å². The molecule has 1 unspecified atom stereocenters. The lowest BCUT2D eigenvalue weighted by molar-refractivity contribution is -0.137. The molecule has 1 heterocycles. The van der Waals surface area contributed by atoms with Gasteiger partial charge in [-0.25, -0.2) is 4.79 Å². The fourth-order valence-electron chi connectivity index (χ4n) is 3.54. The maximum atomic E-state index is 12.9. The highest BCUT2D eigenvalue weighted by Crippen LogP contribution is 2.41. The number of nitrogens with one attached hydrogen (secondary N) is 1. The van der Waals surface area contributed by atoms with E-state index < -0.39 is 23.5 Å². The van der Waals surface area contributed by atoms with Crippen LogP contribution in [-0.2, 0) is 18.4 Å². The predicted octanol–water partition coefficient (Wildman–Crippen LogP) is 5.69. The van der Waals surface area contributed by atoms with Gasteiger partial charge in [-0.05, 0) is 29.8 Å². The third-order valence-corrected chi connectivity index (χ3v) is 5.80. The SMILES string of the molecule is O=C1NC(=NCc2ccc(C(F)(F)F)cc2)C(O)(c2ccccc2)N1c1cc(Cl)c(O)c(Cl)c1. The molecule has 6 nitrogen and oxygen atoms in total. The van der Waals surface area contributed by atoms with Crippen molar-refractivity contribution in [2.24, 2.45) is 4.99 Å². The molecular formula is C23H16Cl2F3N3O3. The molecule has 0 saturated carbocycles. The molecule has 1 saturated heterocycles. The zero-order valence-electron chi connectivity index (χ0n) is 17.1. The van der Waals surface area contributed by atoms with Gasteiger partial charge < -0.3 is 10.2 Å². The fourth-order valence-corrected chi connectivity index (χ4v) is 4.01. The van der Waals surface area contributed by atoms with Crippen LogP contribution in [0, 0.1) is 0 Å². The molecule has 176 valence electrons. The highest BCUT2D eigenvalue weighted by molar-refractivity contribution is 6.37. The number of phenolic OH excluding ortho intramolecular Hbond substituents is 1. The summed E-state index contributed by atoms with van der Waals surface area (Å²) in [6.07, 6.45) is -4.47. The van der Waals surface area contributed by atoms with Crippen molar-refractivity contribution in [3.05, 3.63) is 93.5 Å². The van der Waals surface area contributed by atoms with Crippen molar-refractivity contribution in [1.29, 1.82) is 0 Å². The van der Waals surface area contributed by atoms with Gasteiger partial charge in [-0.1, -0.05) is 65.7 Å². The molecule has 34 heavy (non-hydrogen) atoms. The van der Waals surface area contributed by atoms with E-state index in [2.05, 4.69) is 10.3 Å². The largest absolute Gasteiger partial charge is 0.505 e. The van der Waals surface area contributed by atoms with Crippen molar-refractivity contribution in [2.45, 2.75) is 18.4 Å². The summed E-state index contributed by atoms with van der Waals surface area (Å²) < 4.78 is 38.5. The van der Waals surface area contributed by atoms with E-state index in [0.717, 1.165) is 17.0 Å². The van der Waals surface area contributed by atoms with Crippen molar-refractivity contribution in [3.63, 3.8) is 0 Å². The van der Waals surface area contributed by atoms with E-state index in [1.807, 2.05) is 0 Å². The highest BCUT2D eigenvalue weighted by Gasteiger charge is 2.52. The Bertz CT molecular complexity index is 1240. The van der Waals surface area contributed by atoms with Crippen LogP contribution in [-0.4, -0.2) is 22.1 Å². The number of aromatic hydroxyl groups is 1. The number of urea groups is 1. The number of amidine groups is 1. The fraction of sp³-hybridized carbons (Fsp3) is 0.130. The number of benzene rings is 3. The van der Waals surface area contributed by atoms with Gasteiger partial charge in [0.05, 0.1) is 27.8 Å². The van der Waals surface area contributed by atoms with Crippen LogP contribution in [0.25, 0.3) is 0 Å². The Morgan fingerprint density at radius 1 is 1.00 bits per heavy atom. The minimum absolute atomic E-state index is 0.0800. The Labute approximate surface area is 201 Å². The molecule has 1 aliphatic heterocycles. The summed E-state index contributed by atoms with van der Waals surface area (Å²) in [6, 6.07) is 14.3. The van der Waals surface area contributed by atoms with E-state index in [0.29, 0.717) is 5.56 Å². The van der Waals surface area contributed by atoms with Gasteiger partial charge in [-0.15, -0.1) is 0 Å². The van der Waals surface area contributed by atoms with Crippen LogP contribution in [0.15, 0.2) is 71.7 Å². The van der Waals surface area contributed by atoms with Gasteiger partial charge in [0, 0.05) is 5.56 Å². The molecule has 0 bridgehead atoms. The van der Waals surface area contributed by atoms with Crippen molar-refractivity contribution < 1.29 is 28.2 Å². The van der Waals surface area contributed by atoms with Crippen LogP contribution in [0.5, 0.6) is 5.75 Å². The van der Waals surface area contributed by atoms with Gasteiger partial charge in [0.2, 0.25) is 5.72 Å². The molecule has 3 aromatic rings. The van der Waals surface area contributed by atoms with E-state index in [1.54, 1.807) is 30.3 Å². The summed E-state index contributed by atoms with van der Waals surface area (Å²) in [5.74, 6) is -0.532. The third kappa shape index (κ3) is 4.29.